The van der Waals surface area contributed by atoms with E-state index in [4.69, 9.17) is 4.74 Å². The van der Waals surface area contributed by atoms with Crippen LogP contribution in [0.5, 0.6) is 0 Å². The highest BCUT2D eigenvalue weighted by molar-refractivity contribution is 8.18. The molecule has 8 heteroatoms. The fourth-order valence-corrected chi connectivity index (χ4v) is 4.93. The van der Waals surface area contributed by atoms with Crippen LogP contribution in [0.15, 0.2) is 41.3 Å². The third-order valence-electron chi connectivity index (χ3n) is 5.68. The van der Waals surface area contributed by atoms with Crippen LogP contribution >= 0.6 is 11.8 Å². The first kappa shape index (κ1) is 23.1. The van der Waals surface area contributed by atoms with Gasteiger partial charge in [0.05, 0.1) is 18.1 Å². The van der Waals surface area contributed by atoms with Gasteiger partial charge in [-0.15, -0.1) is 0 Å². The van der Waals surface area contributed by atoms with Crippen molar-refractivity contribution in [2.75, 3.05) is 43.1 Å². The second-order valence-corrected chi connectivity index (χ2v) is 9.27. The summed E-state index contributed by atoms with van der Waals surface area (Å²) in [7, 11) is 0. The number of imide groups is 1. The lowest BCUT2D eigenvalue weighted by atomic mass is 10.1. The van der Waals surface area contributed by atoms with Gasteiger partial charge in [-0.1, -0.05) is 29.8 Å². The largest absolute Gasteiger partial charge is 0.378 e. The van der Waals surface area contributed by atoms with Crippen molar-refractivity contribution in [2.45, 2.75) is 20.8 Å². The van der Waals surface area contributed by atoms with Gasteiger partial charge in [0.2, 0.25) is 5.91 Å². The number of carbonyl (C=O) groups excluding carboxylic acids is 3. The van der Waals surface area contributed by atoms with E-state index in [0.29, 0.717) is 23.8 Å². The van der Waals surface area contributed by atoms with Crippen LogP contribution in [-0.2, 0) is 14.3 Å². The fraction of sp³-hybridized carbons (Fsp3) is 0.320. The number of hydrogen-bond acceptors (Lipinski definition) is 6. The van der Waals surface area contributed by atoms with Gasteiger partial charge in [0.25, 0.3) is 11.1 Å². The summed E-state index contributed by atoms with van der Waals surface area (Å²) in [6.45, 7) is 8.64. The molecule has 0 aromatic heterocycles. The van der Waals surface area contributed by atoms with Gasteiger partial charge in [-0.05, 0) is 67.4 Å². The molecule has 0 aliphatic carbocycles. The number of ether oxygens (including phenoxy) is 1. The first-order chi connectivity index (χ1) is 15.8. The molecule has 1 N–H and O–H groups in total. The molecule has 2 heterocycles. The number of rotatable bonds is 5. The van der Waals surface area contributed by atoms with Gasteiger partial charge in [0.1, 0.15) is 6.54 Å². The number of morpholine rings is 1. The van der Waals surface area contributed by atoms with Crippen molar-refractivity contribution in [2.24, 2.45) is 0 Å². The van der Waals surface area contributed by atoms with Crippen LogP contribution < -0.4 is 10.2 Å². The van der Waals surface area contributed by atoms with Gasteiger partial charge in [-0.2, -0.15) is 0 Å². The van der Waals surface area contributed by atoms with Crippen molar-refractivity contribution in [1.82, 2.24) is 4.90 Å². The lowest BCUT2D eigenvalue weighted by Crippen LogP contribution is -2.36. The van der Waals surface area contributed by atoms with E-state index in [2.05, 4.69) is 10.2 Å². The van der Waals surface area contributed by atoms with Crippen molar-refractivity contribution in [3.63, 3.8) is 0 Å². The second-order valence-electron chi connectivity index (χ2n) is 8.28. The molecule has 4 rings (SSSR count). The lowest BCUT2D eigenvalue weighted by molar-refractivity contribution is -0.127. The maximum Gasteiger partial charge on any atom is 0.294 e. The van der Waals surface area contributed by atoms with Crippen LogP contribution in [0.4, 0.5) is 16.2 Å². The monoisotopic (exact) mass is 465 g/mol. The molecule has 0 unspecified atom stereocenters. The number of anilines is 2. The predicted molar refractivity (Wildman–Crippen MR) is 131 cm³/mol. The summed E-state index contributed by atoms with van der Waals surface area (Å²) in [5, 5.41) is 2.41. The van der Waals surface area contributed by atoms with E-state index in [1.165, 1.54) is 0 Å². The first-order valence-electron chi connectivity index (χ1n) is 10.9. The Hall–Kier alpha value is -3.10. The van der Waals surface area contributed by atoms with Crippen LogP contribution in [0.2, 0.25) is 0 Å². The smallest absolute Gasteiger partial charge is 0.294 e. The standard InChI is InChI=1S/C25H27N3O4S/c1-16-12-17(2)23(18(3)13-16)26-22(29)15-28-24(30)21(33-25(28)31)14-19-4-6-20(7-5-19)27-8-10-32-11-9-27/h4-7,12-14H,8-11,15H2,1-3H3,(H,26,29)/b21-14+. The number of amides is 3. The molecular weight excluding hydrogens is 438 g/mol. The number of nitrogens with one attached hydrogen (secondary N) is 1. The molecule has 2 saturated heterocycles. The van der Waals surface area contributed by atoms with Crippen LogP contribution in [0, 0.1) is 20.8 Å². The average molecular weight is 466 g/mol. The van der Waals surface area contributed by atoms with Gasteiger partial charge in [0, 0.05) is 24.5 Å². The summed E-state index contributed by atoms with van der Waals surface area (Å²) >= 11 is 0.857. The Morgan fingerprint density at radius 1 is 1.06 bits per heavy atom. The molecule has 0 atom stereocenters. The Labute approximate surface area is 197 Å². The number of aryl methyl sites for hydroxylation is 3. The molecular formula is C25H27N3O4S. The zero-order valence-electron chi connectivity index (χ0n) is 19.0. The Balaban J connectivity index is 1.42. The van der Waals surface area contributed by atoms with Crippen LogP contribution in [0.25, 0.3) is 6.08 Å². The van der Waals surface area contributed by atoms with E-state index in [-0.39, 0.29) is 6.54 Å². The highest BCUT2D eigenvalue weighted by atomic mass is 32.2. The van der Waals surface area contributed by atoms with Crippen LogP contribution in [0.3, 0.4) is 0 Å². The van der Waals surface area contributed by atoms with Gasteiger partial charge in [0.15, 0.2) is 0 Å². The molecule has 0 radical (unpaired) electrons. The Morgan fingerprint density at radius 3 is 2.33 bits per heavy atom. The summed E-state index contributed by atoms with van der Waals surface area (Å²) in [6, 6.07) is 11.8. The molecule has 2 aliphatic rings. The molecule has 33 heavy (non-hydrogen) atoms. The molecule has 172 valence electrons. The second kappa shape index (κ2) is 9.80. The summed E-state index contributed by atoms with van der Waals surface area (Å²) in [4.78, 5) is 41.4. The molecule has 2 aliphatic heterocycles. The predicted octanol–water partition coefficient (Wildman–Crippen LogP) is 4.12. The molecule has 2 aromatic carbocycles. The number of carbonyl (C=O) groups is 3. The van der Waals surface area contributed by atoms with E-state index < -0.39 is 17.1 Å². The van der Waals surface area contributed by atoms with Crippen LogP contribution in [-0.4, -0.2) is 54.8 Å². The maximum atomic E-state index is 12.8. The third-order valence-corrected chi connectivity index (χ3v) is 6.59. The van der Waals surface area contributed by atoms with Gasteiger partial charge >= 0.3 is 0 Å². The van der Waals surface area contributed by atoms with E-state index in [1.807, 2.05) is 57.2 Å². The van der Waals surface area contributed by atoms with E-state index in [1.54, 1.807) is 6.08 Å². The minimum absolute atomic E-state index is 0.314. The third kappa shape index (κ3) is 5.29. The number of benzene rings is 2. The molecule has 2 fully saturated rings. The quantitative estimate of drug-likeness (QED) is 0.669. The summed E-state index contributed by atoms with van der Waals surface area (Å²) in [5.74, 6) is -0.849. The molecule has 3 amide bonds. The van der Waals surface area contributed by atoms with Crippen molar-refractivity contribution < 1.29 is 19.1 Å². The summed E-state index contributed by atoms with van der Waals surface area (Å²) < 4.78 is 5.39. The SMILES string of the molecule is Cc1cc(C)c(NC(=O)CN2C(=O)S/C(=C/c3ccc(N4CCOCC4)cc3)C2=O)c(C)c1. The summed E-state index contributed by atoms with van der Waals surface area (Å²) in [6.07, 6.45) is 1.69. The van der Waals surface area contributed by atoms with Crippen molar-refractivity contribution >= 4 is 46.3 Å². The highest BCUT2D eigenvalue weighted by Gasteiger charge is 2.36. The van der Waals surface area contributed by atoms with Gasteiger partial charge < -0.3 is 15.0 Å². The lowest BCUT2D eigenvalue weighted by Gasteiger charge is -2.28. The van der Waals surface area contributed by atoms with Gasteiger partial charge in [-0.3, -0.25) is 19.3 Å². The molecule has 7 nitrogen and oxygen atoms in total. The zero-order chi connectivity index (χ0) is 23.5. The number of thioether (sulfide) groups is 1. The summed E-state index contributed by atoms with van der Waals surface area (Å²) in [5.41, 5.74) is 5.63. The topological polar surface area (TPSA) is 79.0 Å². The maximum absolute atomic E-state index is 12.8. The minimum Gasteiger partial charge on any atom is -0.378 e. The van der Waals surface area contributed by atoms with E-state index in [9.17, 15) is 14.4 Å². The fourth-order valence-electron chi connectivity index (χ4n) is 4.09. The first-order valence-corrected chi connectivity index (χ1v) is 11.7. The Kier molecular flexibility index (Phi) is 6.85. The van der Waals surface area contributed by atoms with Crippen molar-refractivity contribution in [3.8, 4) is 0 Å². The van der Waals surface area contributed by atoms with Gasteiger partial charge in [-0.25, -0.2) is 0 Å². The zero-order valence-corrected chi connectivity index (χ0v) is 19.8. The molecule has 2 aromatic rings. The number of hydrogen-bond donors (Lipinski definition) is 1. The average Bonchev–Trinajstić information content (AvgIpc) is 3.04. The van der Waals surface area contributed by atoms with Crippen molar-refractivity contribution in [3.05, 3.63) is 63.6 Å². The highest BCUT2D eigenvalue weighted by Crippen LogP contribution is 2.32. The Bertz CT molecular complexity index is 1100. The molecule has 0 saturated carbocycles. The van der Waals surface area contributed by atoms with E-state index in [0.717, 1.165) is 57.7 Å². The van der Waals surface area contributed by atoms with Crippen LogP contribution in [0.1, 0.15) is 22.3 Å². The minimum atomic E-state index is -0.449. The molecule has 0 spiro atoms. The normalized spacial score (nSPS) is 17.7. The molecule has 0 bridgehead atoms. The van der Waals surface area contributed by atoms with Crippen molar-refractivity contribution in [1.29, 1.82) is 0 Å². The van der Waals surface area contributed by atoms with E-state index >= 15 is 0 Å². The Morgan fingerprint density at radius 2 is 1.70 bits per heavy atom. The number of nitrogens with zero attached hydrogens (tertiary/aromatic N) is 2.